The van der Waals surface area contributed by atoms with Crippen LogP contribution in [0, 0.1) is 5.92 Å². The number of allylic oxidation sites excluding steroid dienone is 4. The van der Waals surface area contributed by atoms with Gasteiger partial charge < -0.3 is 19.5 Å². The quantitative estimate of drug-likeness (QED) is 0.332. The molecule has 0 aliphatic carbocycles. The number of likely N-dealkylation sites (N-methyl/N-ethyl adjacent to an activating group) is 1. The van der Waals surface area contributed by atoms with Crippen LogP contribution in [-0.2, 0) is 4.79 Å². The van der Waals surface area contributed by atoms with Crippen LogP contribution in [0.5, 0.6) is 5.88 Å². The second-order valence-corrected chi connectivity index (χ2v) is 8.69. The average molecular weight is 486 g/mol. The van der Waals surface area contributed by atoms with Crippen molar-refractivity contribution in [1.82, 2.24) is 24.8 Å². The number of aromatic nitrogens is 3. The Labute approximate surface area is 204 Å². The van der Waals surface area contributed by atoms with Crippen molar-refractivity contribution in [2.24, 2.45) is 5.92 Å². The molecule has 0 spiro atoms. The number of ketones is 1. The molecule has 0 saturated carbocycles. The van der Waals surface area contributed by atoms with Crippen LogP contribution in [0.3, 0.4) is 0 Å². The zero-order valence-electron chi connectivity index (χ0n) is 20.6. The van der Waals surface area contributed by atoms with E-state index in [9.17, 15) is 18.8 Å². The molecule has 2 aromatic heterocycles. The molecule has 0 aromatic carbocycles. The maximum absolute atomic E-state index is 13.3. The zero-order chi connectivity index (χ0) is 25.5. The number of halogens is 1. The third-order valence-corrected chi connectivity index (χ3v) is 6.02. The van der Waals surface area contributed by atoms with E-state index in [1.54, 1.807) is 4.90 Å². The number of ether oxygens (including phenoxy) is 1. The van der Waals surface area contributed by atoms with Crippen LogP contribution >= 0.6 is 0 Å². The van der Waals surface area contributed by atoms with E-state index >= 15 is 0 Å². The van der Waals surface area contributed by atoms with Crippen LogP contribution < -0.4 is 4.74 Å². The van der Waals surface area contributed by atoms with E-state index in [0.717, 1.165) is 31.3 Å². The Morgan fingerprint density at radius 3 is 2.57 bits per heavy atom. The van der Waals surface area contributed by atoms with Crippen molar-refractivity contribution in [3.8, 4) is 5.88 Å². The van der Waals surface area contributed by atoms with Gasteiger partial charge in [-0.1, -0.05) is 30.7 Å². The summed E-state index contributed by atoms with van der Waals surface area (Å²) in [4.78, 5) is 52.5. The first-order valence-electron chi connectivity index (χ1n) is 11.7. The third kappa shape index (κ3) is 5.93. The van der Waals surface area contributed by atoms with Gasteiger partial charge in [-0.25, -0.2) is 14.4 Å². The molecule has 0 bridgehead atoms. The lowest BCUT2D eigenvalue weighted by molar-refractivity contribution is -0.124. The minimum absolute atomic E-state index is 0.00171. The van der Waals surface area contributed by atoms with Crippen LogP contribution in [0.15, 0.2) is 30.0 Å². The standard InChI is InChI=1S/C25H32FN5O4/c1-5-7-16(8-6-11-26)14-17-9-12-31(13-10-17)24(33)21-23(35-4)28-18-15-27-20(19(18)29-21)22(32)25(34)30(2)3/h6-8,15,17,27H,5,9-14H2,1-4H3/b8-6-,16-7+. The largest absolute Gasteiger partial charge is 0.479 e. The van der Waals surface area contributed by atoms with Crippen LogP contribution in [0.1, 0.15) is 53.6 Å². The van der Waals surface area contributed by atoms with Crippen molar-refractivity contribution in [3.05, 3.63) is 41.4 Å². The normalized spacial score (nSPS) is 15.1. The number of likely N-dealkylation sites (tertiary alicyclic amines) is 1. The van der Waals surface area contributed by atoms with E-state index in [4.69, 9.17) is 4.74 Å². The number of nitrogens with one attached hydrogen (secondary N) is 1. The fourth-order valence-electron chi connectivity index (χ4n) is 4.19. The van der Waals surface area contributed by atoms with Crippen LogP contribution in [0.2, 0.25) is 0 Å². The molecule has 2 aromatic rings. The highest BCUT2D eigenvalue weighted by Gasteiger charge is 2.30. The molecule has 3 rings (SSSR count). The fraction of sp³-hybridized carbons (Fsp3) is 0.480. The molecule has 0 unspecified atom stereocenters. The molecular weight excluding hydrogens is 453 g/mol. The van der Waals surface area contributed by atoms with Gasteiger partial charge >= 0.3 is 0 Å². The molecule has 2 amide bonds. The van der Waals surface area contributed by atoms with E-state index < -0.39 is 18.4 Å². The summed E-state index contributed by atoms with van der Waals surface area (Å²) in [7, 11) is 4.37. The molecule has 1 aliphatic rings. The van der Waals surface area contributed by atoms with Gasteiger partial charge in [-0.05, 0) is 31.6 Å². The van der Waals surface area contributed by atoms with Crippen molar-refractivity contribution >= 4 is 28.6 Å². The number of nitrogens with zero attached hydrogens (tertiary/aromatic N) is 4. The van der Waals surface area contributed by atoms with Gasteiger partial charge in [0.05, 0.1) is 7.11 Å². The highest BCUT2D eigenvalue weighted by atomic mass is 19.1. The molecule has 3 heterocycles. The molecule has 1 N–H and O–H groups in total. The van der Waals surface area contributed by atoms with Crippen LogP contribution in [0.4, 0.5) is 4.39 Å². The number of carbonyl (C=O) groups excluding carboxylic acids is 3. The van der Waals surface area contributed by atoms with Crippen molar-refractivity contribution in [3.63, 3.8) is 0 Å². The SMILES string of the molecule is CC/C=C(\C=C/CF)CC1CCN(C(=O)c2nc3c(C(=O)C(=O)N(C)C)[nH]cc3nc2OC)CC1. The number of Topliss-reactive ketones (excluding diaryl/α,β-unsaturated/α-hetero) is 1. The number of rotatable bonds is 9. The number of fused-ring (bicyclic) bond motifs is 1. The maximum Gasteiger partial charge on any atom is 0.296 e. The van der Waals surface area contributed by atoms with Gasteiger partial charge in [0.1, 0.15) is 23.4 Å². The summed E-state index contributed by atoms with van der Waals surface area (Å²) < 4.78 is 17.9. The summed E-state index contributed by atoms with van der Waals surface area (Å²) >= 11 is 0. The van der Waals surface area contributed by atoms with E-state index in [0.29, 0.717) is 24.5 Å². The number of methoxy groups -OCH3 is 1. The number of H-pyrrole nitrogens is 1. The van der Waals surface area contributed by atoms with Gasteiger partial charge in [0.2, 0.25) is 5.88 Å². The first-order valence-corrected chi connectivity index (χ1v) is 11.7. The monoisotopic (exact) mass is 485 g/mol. The number of alkyl halides is 1. The Morgan fingerprint density at radius 2 is 1.97 bits per heavy atom. The molecule has 35 heavy (non-hydrogen) atoms. The summed E-state index contributed by atoms with van der Waals surface area (Å²) in [5.74, 6) is -1.36. The topological polar surface area (TPSA) is 108 Å². The molecule has 1 aliphatic heterocycles. The van der Waals surface area contributed by atoms with Crippen molar-refractivity contribution in [1.29, 1.82) is 0 Å². The Hall–Kier alpha value is -3.56. The lowest BCUT2D eigenvalue weighted by atomic mass is 9.89. The minimum Gasteiger partial charge on any atom is -0.479 e. The summed E-state index contributed by atoms with van der Waals surface area (Å²) in [5, 5.41) is 0. The minimum atomic E-state index is -0.763. The van der Waals surface area contributed by atoms with Gasteiger partial charge in [-0.2, -0.15) is 0 Å². The molecule has 0 atom stereocenters. The summed E-state index contributed by atoms with van der Waals surface area (Å²) in [6.45, 7) is 2.64. The lowest BCUT2D eigenvalue weighted by Crippen LogP contribution is -2.39. The lowest BCUT2D eigenvalue weighted by Gasteiger charge is -2.32. The number of piperidine rings is 1. The van der Waals surface area contributed by atoms with E-state index in [1.807, 2.05) is 6.08 Å². The smallest absolute Gasteiger partial charge is 0.296 e. The Balaban J connectivity index is 1.79. The molecule has 9 nitrogen and oxygen atoms in total. The van der Waals surface area contributed by atoms with E-state index in [1.165, 1.54) is 38.4 Å². The Bertz CT molecular complexity index is 1150. The highest BCUT2D eigenvalue weighted by molar-refractivity contribution is 6.44. The van der Waals surface area contributed by atoms with Crippen molar-refractivity contribution in [2.45, 2.75) is 32.6 Å². The van der Waals surface area contributed by atoms with E-state index in [2.05, 4.69) is 28.0 Å². The Kier molecular flexibility index (Phi) is 8.73. The van der Waals surface area contributed by atoms with Gasteiger partial charge in [0, 0.05) is 33.4 Å². The molecule has 10 heteroatoms. The zero-order valence-corrected chi connectivity index (χ0v) is 20.6. The molecule has 1 saturated heterocycles. The number of hydrogen-bond acceptors (Lipinski definition) is 6. The molecule has 188 valence electrons. The average Bonchev–Trinajstić information content (AvgIpc) is 3.28. The first-order chi connectivity index (χ1) is 16.8. The van der Waals surface area contributed by atoms with Gasteiger partial charge in [-0.3, -0.25) is 14.4 Å². The molecular formula is C25H32FN5O4. The van der Waals surface area contributed by atoms with Crippen LogP contribution in [-0.4, -0.2) is 83.3 Å². The summed E-state index contributed by atoms with van der Waals surface area (Å²) in [6, 6.07) is 0. The Morgan fingerprint density at radius 1 is 1.26 bits per heavy atom. The second-order valence-electron chi connectivity index (χ2n) is 8.69. The molecule has 0 radical (unpaired) electrons. The maximum atomic E-state index is 13.3. The third-order valence-electron chi connectivity index (χ3n) is 6.02. The number of carbonyl (C=O) groups is 3. The van der Waals surface area contributed by atoms with Gasteiger partial charge in [-0.15, -0.1) is 0 Å². The number of aromatic amines is 1. The second kappa shape index (κ2) is 11.7. The first kappa shape index (κ1) is 26.1. The predicted molar refractivity (Wildman–Crippen MR) is 130 cm³/mol. The predicted octanol–water partition coefficient (Wildman–Crippen LogP) is 3.34. The fourth-order valence-corrected chi connectivity index (χ4v) is 4.19. The summed E-state index contributed by atoms with van der Waals surface area (Å²) in [5.41, 5.74) is 1.58. The molecule has 1 fully saturated rings. The van der Waals surface area contributed by atoms with Crippen molar-refractivity contribution in [2.75, 3.05) is 41.0 Å². The summed E-state index contributed by atoms with van der Waals surface area (Å²) in [6.07, 6.45) is 10.3. The van der Waals surface area contributed by atoms with Crippen molar-refractivity contribution < 1.29 is 23.5 Å². The van der Waals surface area contributed by atoms with Crippen LogP contribution in [0.25, 0.3) is 11.0 Å². The van der Waals surface area contributed by atoms with Gasteiger partial charge in [0.15, 0.2) is 5.69 Å². The van der Waals surface area contributed by atoms with Gasteiger partial charge in [0.25, 0.3) is 17.6 Å². The number of hydrogen-bond donors (Lipinski definition) is 1. The van der Waals surface area contributed by atoms with E-state index in [-0.39, 0.29) is 28.7 Å². The number of amides is 2. The highest BCUT2D eigenvalue weighted by Crippen LogP contribution is 2.28.